The molecule has 0 spiro atoms. The second kappa shape index (κ2) is 8.62. The van der Waals surface area contributed by atoms with Crippen LogP contribution in [0.5, 0.6) is 5.75 Å². The summed E-state index contributed by atoms with van der Waals surface area (Å²) in [6.45, 7) is 3.97. The van der Waals surface area contributed by atoms with Crippen molar-refractivity contribution in [1.82, 2.24) is 4.98 Å². The first kappa shape index (κ1) is 22.7. The van der Waals surface area contributed by atoms with E-state index in [4.69, 9.17) is 13.9 Å². The van der Waals surface area contributed by atoms with Gasteiger partial charge in [-0.25, -0.2) is 14.2 Å². The number of thiazole rings is 1. The Hall–Kier alpha value is -4.05. The minimum atomic E-state index is -0.909. The van der Waals surface area contributed by atoms with Crippen molar-refractivity contribution in [2.45, 2.75) is 19.9 Å². The summed E-state index contributed by atoms with van der Waals surface area (Å²) in [4.78, 5) is 45.3. The third-order valence-corrected chi connectivity index (χ3v) is 6.84. The zero-order chi connectivity index (χ0) is 24.9. The van der Waals surface area contributed by atoms with E-state index in [0.29, 0.717) is 23.6 Å². The lowest BCUT2D eigenvalue weighted by Gasteiger charge is -2.22. The molecule has 0 saturated heterocycles. The molecule has 35 heavy (non-hydrogen) atoms. The molecule has 2 aromatic carbocycles. The topological polar surface area (TPSA) is 98.9 Å². The molecule has 5 rings (SSSR count). The van der Waals surface area contributed by atoms with Crippen molar-refractivity contribution >= 4 is 39.3 Å². The van der Waals surface area contributed by atoms with E-state index in [-0.39, 0.29) is 32.3 Å². The maximum atomic E-state index is 14.0. The van der Waals surface area contributed by atoms with Gasteiger partial charge in [0.05, 0.1) is 36.4 Å². The number of ether oxygens (including phenoxy) is 2. The highest BCUT2D eigenvalue weighted by molar-refractivity contribution is 7.17. The average molecular weight is 495 g/mol. The predicted octanol–water partition coefficient (Wildman–Crippen LogP) is 4.63. The first-order chi connectivity index (χ1) is 16.8. The van der Waals surface area contributed by atoms with Crippen LogP contribution in [0, 0.1) is 12.7 Å². The van der Waals surface area contributed by atoms with Crippen molar-refractivity contribution < 1.29 is 27.9 Å². The fourth-order valence-electron chi connectivity index (χ4n) is 4.14. The van der Waals surface area contributed by atoms with E-state index >= 15 is 0 Å². The highest BCUT2D eigenvalue weighted by atomic mass is 32.1. The lowest BCUT2D eigenvalue weighted by atomic mass is 9.98. The Morgan fingerprint density at radius 2 is 1.94 bits per heavy atom. The maximum absolute atomic E-state index is 14.0. The first-order valence-corrected chi connectivity index (χ1v) is 11.5. The molecular weight excluding hydrogens is 475 g/mol. The van der Waals surface area contributed by atoms with Crippen molar-refractivity contribution in [2.75, 3.05) is 18.6 Å². The van der Waals surface area contributed by atoms with Crippen LogP contribution in [0.2, 0.25) is 0 Å². The van der Waals surface area contributed by atoms with Crippen LogP contribution >= 0.6 is 11.3 Å². The number of benzene rings is 2. The van der Waals surface area contributed by atoms with E-state index in [2.05, 4.69) is 4.98 Å². The molecular formula is C25H19FN2O6S. The smallest absolute Gasteiger partial charge is 0.350 e. The number of aryl methyl sites for hydroxylation is 1. The Morgan fingerprint density at radius 1 is 1.20 bits per heavy atom. The number of halogens is 1. The van der Waals surface area contributed by atoms with Gasteiger partial charge in [0.1, 0.15) is 22.0 Å². The van der Waals surface area contributed by atoms with Gasteiger partial charge < -0.3 is 13.9 Å². The van der Waals surface area contributed by atoms with Crippen LogP contribution < -0.4 is 15.1 Å². The fraction of sp³-hybridized carbons (Fsp3) is 0.200. The number of rotatable bonds is 5. The molecule has 0 bridgehead atoms. The molecule has 0 N–H and O–H groups in total. The summed E-state index contributed by atoms with van der Waals surface area (Å²) in [5.41, 5.74) is 0.636. The van der Waals surface area contributed by atoms with E-state index in [1.165, 1.54) is 18.1 Å². The number of nitrogens with zero attached hydrogens (tertiary/aromatic N) is 2. The van der Waals surface area contributed by atoms with Crippen molar-refractivity contribution in [3.05, 3.63) is 86.0 Å². The number of aromatic nitrogens is 1. The molecule has 4 aromatic rings. The molecule has 8 nitrogen and oxygen atoms in total. The fourth-order valence-corrected chi connectivity index (χ4v) is 5.15. The zero-order valence-corrected chi connectivity index (χ0v) is 19.8. The van der Waals surface area contributed by atoms with Crippen LogP contribution in [0.3, 0.4) is 0 Å². The second-order valence-corrected chi connectivity index (χ2v) is 8.77. The van der Waals surface area contributed by atoms with Gasteiger partial charge in [-0.2, -0.15) is 0 Å². The van der Waals surface area contributed by atoms with Gasteiger partial charge in [-0.1, -0.05) is 23.5 Å². The summed E-state index contributed by atoms with van der Waals surface area (Å²) in [5.74, 6) is -1.30. The molecule has 1 aliphatic heterocycles. The van der Waals surface area contributed by atoms with Gasteiger partial charge in [-0.3, -0.25) is 14.5 Å². The molecule has 10 heteroatoms. The summed E-state index contributed by atoms with van der Waals surface area (Å²) in [7, 11) is 1.26. The number of carbonyl (C=O) groups is 2. The second-order valence-electron chi connectivity index (χ2n) is 7.80. The van der Waals surface area contributed by atoms with Crippen LogP contribution in [0.4, 0.5) is 9.52 Å². The molecule has 0 saturated carbocycles. The molecule has 1 atom stereocenters. The molecule has 1 amide bonds. The summed E-state index contributed by atoms with van der Waals surface area (Å²) >= 11 is 0.977. The van der Waals surface area contributed by atoms with Gasteiger partial charge in [0.25, 0.3) is 5.91 Å². The predicted molar refractivity (Wildman–Crippen MR) is 127 cm³/mol. The van der Waals surface area contributed by atoms with E-state index in [1.807, 2.05) is 6.92 Å². The van der Waals surface area contributed by atoms with E-state index in [1.54, 1.807) is 31.2 Å². The van der Waals surface area contributed by atoms with E-state index in [9.17, 15) is 18.8 Å². The third kappa shape index (κ3) is 3.66. The van der Waals surface area contributed by atoms with Gasteiger partial charge in [-0.05, 0) is 49.7 Å². The van der Waals surface area contributed by atoms with Crippen LogP contribution in [0.25, 0.3) is 11.0 Å². The molecule has 0 fully saturated rings. The molecule has 0 unspecified atom stereocenters. The Kier molecular flexibility index (Phi) is 5.60. The van der Waals surface area contributed by atoms with Gasteiger partial charge in [-0.15, -0.1) is 0 Å². The number of hydrogen-bond acceptors (Lipinski definition) is 8. The first-order valence-electron chi connectivity index (χ1n) is 10.7. The van der Waals surface area contributed by atoms with Gasteiger partial charge in [0.15, 0.2) is 10.6 Å². The lowest BCUT2D eigenvalue weighted by molar-refractivity contribution is 0.0605. The lowest BCUT2D eigenvalue weighted by Crippen LogP contribution is -2.29. The monoisotopic (exact) mass is 494 g/mol. The van der Waals surface area contributed by atoms with Crippen molar-refractivity contribution in [3.8, 4) is 5.75 Å². The largest absolute Gasteiger partial charge is 0.494 e. The number of methoxy groups -OCH3 is 1. The SMILES string of the molecule is CCOc1ccc([C@H]2c3c(oc4ccc(F)cc4c3=O)C(=O)N2c2nc(C)c(C(=O)OC)s2)cc1. The Balaban J connectivity index is 1.75. The Labute approximate surface area is 202 Å². The third-order valence-electron chi connectivity index (χ3n) is 5.70. The van der Waals surface area contributed by atoms with Crippen molar-refractivity contribution in [2.24, 2.45) is 0 Å². The number of esters is 1. The minimum absolute atomic E-state index is 0.0277. The highest BCUT2D eigenvalue weighted by Gasteiger charge is 2.45. The van der Waals surface area contributed by atoms with E-state index in [0.717, 1.165) is 23.5 Å². The highest BCUT2D eigenvalue weighted by Crippen LogP contribution is 2.43. The molecule has 2 aromatic heterocycles. The van der Waals surface area contributed by atoms with Crippen LogP contribution in [-0.4, -0.2) is 30.6 Å². The summed E-state index contributed by atoms with van der Waals surface area (Å²) in [6.07, 6.45) is 0. The van der Waals surface area contributed by atoms with E-state index < -0.39 is 29.2 Å². The number of hydrogen-bond donors (Lipinski definition) is 0. The average Bonchev–Trinajstić information content (AvgIpc) is 3.37. The van der Waals surface area contributed by atoms with Gasteiger partial charge in [0, 0.05) is 0 Å². The van der Waals surface area contributed by atoms with Gasteiger partial charge in [0.2, 0.25) is 5.76 Å². The molecule has 1 aliphatic rings. The minimum Gasteiger partial charge on any atom is -0.494 e. The van der Waals surface area contributed by atoms with Crippen LogP contribution in [-0.2, 0) is 4.74 Å². The van der Waals surface area contributed by atoms with Crippen LogP contribution in [0.1, 0.15) is 50.0 Å². The van der Waals surface area contributed by atoms with Crippen molar-refractivity contribution in [1.29, 1.82) is 0 Å². The molecule has 3 heterocycles. The summed E-state index contributed by atoms with van der Waals surface area (Å²) in [6, 6.07) is 9.59. The maximum Gasteiger partial charge on any atom is 0.350 e. The molecule has 0 radical (unpaired) electrons. The number of fused-ring (bicyclic) bond motifs is 2. The number of carbonyl (C=O) groups excluding carboxylic acids is 2. The Morgan fingerprint density at radius 3 is 2.63 bits per heavy atom. The Bertz CT molecular complexity index is 1540. The zero-order valence-electron chi connectivity index (χ0n) is 19.0. The van der Waals surface area contributed by atoms with Crippen molar-refractivity contribution in [3.63, 3.8) is 0 Å². The summed E-state index contributed by atoms with van der Waals surface area (Å²) in [5, 5.41) is 0.229. The number of amides is 1. The standard InChI is InChI=1S/C25H19FN2O6S/c1-4-33-15-8-5-13(6-9-15)19-18-20(29)16-11-14(26)7-10-17(16)34-21(18)23(30)28(19)25-27-12(2)22(35-25)24(31)32-3/h5-11,19H,4H2,1-3H3/t19-/m0/s1. The molecule has 178 valence electrons. The normalized spacial score (nSPS) is 14.9. The summed E-state index contributed by atoms with van der Waals surface area (Å²) < 4.78 is 30.1. The molecule has 0 aliphatic carbocycles. The van der Waals surface area contributed by atoms with Crippen LogP contribution in [0.15, 0.2) is 51.7 Å². The van der Waals surface area contributed by atoms with Gasteiger partial charge >= 0.3 is 5.97 Å². The number of anilines is 1. The quantitative estimate of drug-likeness (QED) is 0.373.